The Morgan fingerprint density at radius 1 is 1.08 bits per heavy atom. The lowest BCUT2D eigenvalue weighted by Gasteiger charge is -2.43. The van der Waals surface area contributed by atoms with Gasteiger partial charge in [0.1, 0.15) is 10.3 Å². The Morgan fingerprint density at radius 2 is 1.65 bits per heavy atom. The zero-order chi connectivity index (χ0) is 28.0. The summed E-state index contributed by atoms with van der Waals surface area (Å²) in [5.41, 5.74) is 1.55. The van der Waals surface area contributed by atoms with Gasteiger partial charge in [0.15, 0.2) is 0 Å². The van der Waals surface area contributed by atoms with Crippen LogP contribution in [0.5, 0.6) is 0 Å². The molecule has 0 heterocycles. The zero-order valence-corrected chi connectivity index (χ0v) is 26.0. The third-order valence-electron chi connectivity index (χ3n) is 5.92. The second-order valence-electron chi connectivity index (χ2n) is 11.6. The molecule has 3 atom stereocenters. The van der Waals surface area contributed by atoms with E-state index in [9.17, 15) is 9.35 Å². The van der Waals surface area contributed by atoms with Crippen LogP contribution < -0.4 is 4.72 Å². The first kappa shape index (κ1) is 31.4. The molecule has 0 fully saturated rings. The number of benzene rings is 2. The van der Waals surface area contributed by atoms with Crippen molar-refractivity contribution in [1.82, 2.24) is 9.62 Å². The number of carbonyl (C=O) groups is 1. The molecule has 204 valence electrons. The summed E-state index contributed by atoms with van der Waals surface area (Å²) in [6, 6.07) is 17.7. The number of nitrogens with one attached hydrogen (secondary N) is 1. The lowest BCUT2D eigenvalue weighted by Crippen LogP contribution is -2.53. The van der Waals surface area contributed by atoms with Crippen molar-refractivity contribution in [3.8, 4) is 0 Å². The fourth-order valence-corrected chi connectivity index (χ4v) is 5.45. The second kappa shape index (κ2) is 12.8. The molecule has 1 N–H and O–H groups in total. The first-order valence-electron chi connectivity index (χ1n) is 12.7. The van der Waals surface area contributed by atoms with E-state index in [2.05, 4.69) is 39.4 Å². The molecular weight excluding hydrogens is 548 g/mol. The largest absolute Gasteiger partial charge is 0.598 e. The number of hydrogen-bond acceptors (Lipinski definition) is 4. The molecule has 0 aromatic heterocycles. The smallest absolute Gasteiger partial charge is 0.410 e. The van der Waals surface area contributed by atoms with Crippen LogP contribution in [0.15, 0.2) is 71.2 Å². The molecule has 7 heteroatoms. The van der Waals surface area contributed by atoms with Crippen LogP contribution in [0, 0.1) is 0 Å². The van der Waals surface area contributed by atoms with Crippen molar-refractivity contribution in [2.75, 3.05) is 6.54 Å². The number of amides is 1. The van der Waals surface area contributed by atoms with Crippen molar-refractivity contribution in [3.63, 3.8) is 0 Å². The average molecular weight is 592 g/mol. The summed E-state index contributed by atoms with van der Waals surface area (Å²) in [7, 11) is 0. The van der Waals surface area contributed by atoms with Gasteiger partial charge in [-0.2, -0.15) is 0 Å². The van der Waals surface area contributed by atoms with Crippen molar-refractivity contribution < 1.29 is 14.1 Å². The molecule has 0 bridgehead atoms. The number of carbonyl (C=O) groups excluding carboxylic acids is 1. The molecule has 0 aliphatic heterocycles. The molecule has 2 aromatic rings. The van der Waals surface area contributed by atoms with Crippen LogP contribution in [0.4, 0.5) is 4.79 Å². The maximum absolute atomic E-state index is 13.6. The Hall–Kier alpha value is -1.80. The van der Waals surface area contributed by atoms with Gasteiger partial charge in [-0.05, 0) is 91.5 Å². The Labute approximate surface area is 235 Å². The molecule has 1 amide bonds. The van der Waals surface area contributed by atoms with Gasteiger partial charge < -0.3 is 14.2 Å². The van der Waals surface area contributed by atoms with Crippen LogP contribution in [0.2, 0.25) is 0 Å². The number of rotatable bonds is 10. The SMILES string of the molecule is C=C(C)C[C@@](CC(c1ccc(Br)cc1)N(CC)C(=O)OC(C)(C)C)(N[S@+]([O-])C(C)(C)C)c1ccccc1. The second-order valence-corrected chi connectivity index (χ2v) is 14.5. The summed E-state index contributed by atoms with van der Waals surface area (Å²) in [5.74, 6) is 0. The Kier molecular flexibility index (Phi) is 10.9. The molecule has 1 unspecified atom stereocenters. The molecule has 0 saturated carbocycles. The van der Waals surface area contributed by atoms with E-state index in [0.29, 0.717) is 19.4 Å². The normalized spacial score (nSPS) is 15.4. The van der Waals surface area contributed by atoms with Crippen molar-refractivity contribution in [2.24, 2.45) is 0 Å². The molecule has 2 aromatic carbocycles. The van der Waals surface area contributed by atoms with E-state index in [1.807, 2.05) is 97.9 Å². The van der Waals surface area contributed by atoms with E-state index in [4.69, 9.17) is 4.74 Å². The van der Waals surface area contributed by atoms with E-state index in [-0.39, 0.29) is 12.1 Å². The van der Waals surface area contributed by atoms with Crippen LogP contribution >= 0.6 is 15.9 Å². The van der Waals surface area contributed by atoms with Crippen molar-refractivity contribution in [3.05, 3.63) is 82.3 Å². The third-order valence-corrected chi connectivity index (χ3v) is 8.13. The van der Waals surface area contributed by atoms with Gasteiger partial charge in [-0.25, -0.2) is 4.79 Å². The van der Waals surface area contributed by atoms with E-state index < -0.39 is 27.2 Å². The lowest BCUT2D eigenvalue weighted by atomic mass is 9.78. The molecule has 0 aliphatic rings. The van der Waals surface area contributed by atoms with Gasteiger partial charge in [-0.1, -0.05) is 64.0 Å². The highest BCUT2D eigenvalue weighted by Gasteiger charge is 2.44. The third kappa shape index (κ3) is 9.17. The van der Waals surface area contributed by atoms with Gasteiger partial charge >= 0.3 is 6.09 Å². The van der Waals surface area contributed by atoms with Crippen LogP contribution in [0.25, 0.3) is 0 Å². The van der Waals surface area contributed by atoms with Crippen LogP contribution in [-0.2, 0) is 21.6 Å². The fraction of sp³-hybridized carbons (Fsp3) is 0.500. The molecule has 0 radical (unpaired) electrons. The molecule has 2 rings (SSSR count). The average Bonchev–Trinajstić information content (AvgIpc) is 2.77. The topological polar surface area (TPSA) is 64.6 Å². The van der Waals surface area contributed by atoms with Crippen molar-refractivity contribution >= 4 is 33.4 Å². The first-order chi connectivity index (χ1) is 17.1. The molecule has 5 nitrogen and oxygen atoms in total. The van der Waals surface area contributed by atoms with Gasteiger partial charge in [-0.3, -0.25) is 0 Å². The molecule has 0 aliphatic carbocycles. The van der Waals surface area contributed by atoms with E-state index in [0.717, 1.165) is 21.2 Å². The monoisotopic (exact) mass is 590 g/mol. The number of halogens is 1. The fourth-order valence-electron chi connectivity index (χ4n) is 4.25. The first-order valence-corrected chi connectivity index (χ1v) is 14.7. The summed E-state index contributed by atoms with van der Waals surface area (Å²) in [4.78, 5) is 15.3. The van der Waals surface area contributed by atoms with Crippen LogP contribution in [0.1, 0.15) is 85.4 Å². The minimum Gasteiger partial charge on any atom is -0.598 e. The predicted octanol–water partition coefficient (Wildman–Crippen LogP) is 8.05. The molecule has 37 heavy (non-hydrogen) atoms. The van der Waals surface area contributed by atoms with Gasteiger partial charge in [0, 0.05) is 22.4 Å². The quantitative estimate of drug-likeness (QED) is 0.224. The maximum Gasteiger partial charge on any atom is 0.410 e. The highest BCUT2D eigenvalue weighted by atomic mass is 79.9. The summed E-state index contributed by atoms with van der Waals surface area (Å²) < 4.78 is 23.4. The van der Waals surface area contributed by atoms with E-state index >= 15 is 0 Å². The van der Waals surface area contributed by atoms with Crippen LogP contribution in [0.3, 0.4) is 0 Å². The molecule has 0 saturated heterocycles. The Balaban J connectivity index is 2.74. The van der Waals surface area contributed by atoms with Crippen molar-refractivity contribution in [1.29, 1.82) is 0 Å². The van der Waals surface area contributed by atoms with E-state index in [1.54, 1.807) is 4.90 Å². The van der Waals surface area contributed by atoms with E-state index in [1.165, 1.54) is 0 Å². The number of ether oxygens (including phenoxy) is 1. The summed E-state index contributed by atoms with van der Waals surface area (Å²) in [6.07, 6.45) is 0.648. The minimum atomic E-state index is -1.38. The highest BCUT2D eigenvalue weighted by Crippen LogP contribution is 2.41. The lowest BCUT2D eigenvalue weighted by molar-refractivity contribution is 0.0133. The zero-order valence-electron chi connectivity index (χ0n) is 23.6. The molecular formula is C30H43BrN2O3S. The summed E-state index contributed by atoms with van der Waals surface area (Å²) >= 11 is 2.16. The standard InChI is InChI=1S/C30H43BrN2O3S/c1-10-33(27(34)36-28(4,5)6)26(23-16-18-25(31)19-17-23)21-30(20-22(2)3,24-14-12-11-13-15-24)32-37(35)29(7,8)9/h11-19,26,32H,2,10,20-21H2,1,3-9H3/t26?,30-,37+/m0/s1. The van der Waals surface area contributed by atoms with Gasteiger partial charge in [0.05, 0.1) is 11.6 Å². The minimum absolute atomic E-state index is 0.350. The number of nitrogens with zero attached hydrogens (tertiary/aromatic N) is 1. The Morgan fingerprint density at radius 3 is 2.11 bits per heavy atom. The predicted molar refractivity (Wildman–Crippen MR) is 159 cm³/mol. The Bertz CT molecular complexity index is 1030. The van der Waals surface area contributed by atoms with Crippen LogP contribution in [-0.4, -0.2) is 32.4 Å². The van der Waals surface area contributed by atoms with Gasteiger partial charge in [-0.15, -0.1) is 11.3 Å². The molecule has 0 spiro atoms. The summed E-state index contributed by atoms with van der Waals surface area (Å²) in [6.45, 7) is 20.1. The maximum atomic E-state index is 13.6. The van der Waals surface area contributed by atoms with Gasteiger partial charge in [0.2, 0.25) is 0 Å². The van der Waals surface area contributed by atoms with Gasteiger partial charge in [0.25, 0.3) is 0 Å². The number of hydrogen-bond donors (Lipinski definition) is 1. The van der Waals surface area contributed by atoms with Crippen molar-refractivity contribution in [2.45, 2.75) is 90.2 Å². The summed E-state index contributed by atoms with van der Waals surface area (Å²) in [5, 5.41) is 0. The highest BCUT2D eigenvalue weighted by molar-refractivity contribution is 9.10.